The van der Waals surface area contributed by atoms with Crippen molar-refractivity contribution in [2.45, 2.75) is 51.7 Å². The van der Waals surface area contributed by atoms with Crippen molar-refractivity contribution in [2.75, 3.05) is 6.61 Å². The van der Waals surface area contributed by atoms with Gasteiger partial charge in [-0.3, -0.25) is 18.9 Å². The van der Waals surface area contributed by atoms with Crippen LogP contribution in [0.1, 0.15) is 45.2 Å². The van der Waals surface area contributed by atoms with Crippen LogP contribution in [0.5, 0.6) is 0 Å². The molecule has 12 heteroatoms. The van der Waals surface area contributed by atoms with E-state index in [0.717, 1.165) is 42.5 Å². The molecule has 3 aliphatic rings. The van der Waals surface area contributed by atoms with Crippen LogP contribution in [0, 0.1) is 35.4 Å². The Hall–Kier alpha value is -3.35. The van der Waals surface area contributed by atoms with E-state index in [-0.39, 0.29) is 47.8 Å². The van der Waals surface area contributed by atoms with Crippen molar-refractivity contribution in [1.82, 2.24) is 10.3 Å². The quantitative estimate of drug-likeness (QED) is 0.323. The van der Waals surface area contributed by atoms with Crippen LogP contribution in [0.25, 0.3) is 17.2 Å². The van der Waals surface area contributed by atoms with E-state index in [1.807, 2.05) is 31.2 Å². The van der Waals surface area contributed by atoms with Crippen molar-refractivity contribution < 1.29 is 41.0 Å². The zero-order chi connectivity index (χ0) is 29.7. The molecule has 222 valence electrons. The number of alkyl carbamates (subject to hydrolysis) is 1. The third kappa shape index (κ3) is 8.11. The first-order valence-corrected chi connectivity index (χ1v) is 15.1. The lowest BCUT2D eigenvalue weighted by Crippen LogP contribution is -2.48. The summed E-state index contributed by atoms with van der Waals surface area (Å²) >= 11 is 0. The number of fused-ring (bicyclic) bond motifs is 2. The molecule has 2 heterocycles. The van der Waals surface area contributed by atoms with Gasteiger partial charge in [0.15, 0.2) is 0 Å². The Labute approximate surface area is 238 Å². The Morgan fingerprint density at radius 3 is 2.61 bits per heavy atom. The number of amides is 1. The predicted molar refractivity (Wildman–Crippen MR) is 148 cm³/mol. The Kier molecular flexibility index (Phi) is 9.77. The molecular formula is C29H35FN2O8S. The van der Waals surface area contributed by atoms with E-state index < -0.39 is 10.4 Å². The first-order valence-electron chi connectivity index (χ1n) is 13.7. The molecular weight excluding hydrogens is 555 g/mol. The number of carbonyl (C=O) groups excluding carboxylic acids is 2. The van der Waals surface area contributed by atoms with Crippen LogP contribution in [-0.2, 0) is 24.7 Å². The molecule has 1 aromatic heterocycles. The molecule has 1 amide bonds. The van der Waals surface area contributed by atoms with Crippen molar-refractivity contribution in [3.63, 3.8) is 0 Å². The number of esters is 1. The number of hydrogen-bond acceptors (Lipinski definition) is 7. The molecule has 2 aromatic rings. The third-order valence-electron chi connectivity index (χ3n) is 8.18. The summed E-state index contributed by atoms with van der Waals surface area (Å²) in [6.07, 6.45) is 9.07. The van der Waals surface area contributed by atoms with Gasteiger partial charge in [-0.1, -0.05) is 24.3 Å². The molecule has 1 aromatic carbocycles. The van der Waals surface area contributed by atoms with Gasteiger partial charge in [-0.05, 0) is 87.1 Å². The maximum atomic E-state index is 13.6. The number of hydrogen-bond donors (Lipinski definition) is 3. The van der Waals surface area contributed by atoms with Crippen LogP contribution in [0.15, 0.2) is 48.7 Å². The standard InChI is InChI=1S/C29H33FN2O4.H2O4S/c1-3-35-29(34)32-23-10-11-24-20(14-23)15-26-27(17(2)36-28(26)33)25(24)12-9-22-8-7-19(16-31-22)18-5-4-6-21(30)13-18;1-5(2,3)4/h4-9,12-13,16-17,20,23-27H,3,10-11,14-15H2,1-2H3,(H,32,34);(H2,1,2,3,4)/b12-9+;/t17-,20+,23+,24+,25-,26-,27?;/m0./s1. The first-order chi connectivity index (χ1) is 19.4. The van der Waals surface area contributed by atoms with Gasteiger partial charge >= 0.3 is 22.5 Å². The van der Waals surface area contributed by atoms with Crippen molar-refractivity contribution in [1.29, 1.82) is 0 Å². The zero-order valence-electron chi connectivity index (χ0n) is 22.9. The minimum atomic E-state index is -4.67. The summed E-state index contributed by atoms with van der Waals surface area (Å²) in [5, 5.41) is 3.00. The van der Waals surface area contributed by atoms with Crippen LogP contribution < -0.4 is 5.32 Å². The van der Waals surface area contributed by atoms with Gasteiger partial charge in [-0.15, -0.1) is 0 Å². The van der Waals surface area contributed by atoms with E-state index in [4.69, 9.17) is 27.0 Å². The van der Waals surface area contributed by atoms with E-state index >= 15 is 0 Å². The van der Waals surface area contributed by atoms with E-state index in [9.17, 15) is 14.0 Å². The highest BCUT2D eigenvalue weighted by Crippen LogP contribution is 2.53. The highest BCUT2D eigenvalue weighted by atomic mass is 32.3. The minimum Gasteiger partial charge on any atom is -0.462 e. The summed E-state index contributed by atoms with van der Waals surface area (Å²) in [6, 6.07) is 10.4. The van der Waals surface area contributed by atoms with Crippen LogP contribution in [0.3, 0.4) is 0 Å². The second-order valence-electron chi connectivity index (χ2n) is 10.7. The maximum absolute atomic E-state index is 13.6. The molecule has 7 atom stereocenters. The monoisotopic (exact) mass is 590 g/mol. The molecule has 3 N–H and O–H groups in total. The molecule has 0 bridgehead atoms. The number of benzene rings is 1. The summed E-state index contributed by atoms with van der Waals surface area (Å²) in [6.45, 7) is 4.15. The Bertz CT molecular complexity index is 1360. The van der Waals surface area contributed by atoms with Gasteiger partial charge in [-0.25, -0.2) is 9.18 Å². The van der Waals surface area contributed by atoms with E-state index in [2.05, 4.69) is 16.4 Å². The second kappa shape index (κ2) is 13.1. The highest BCUT2D eigenvalue weighted by Gasteiger charge is 2.54. The number of nitrogens with zero attached hydrogens (tertiary/aromatic N) is 1. The van der Waals surface area contributed by atoms with Crippen molar-refractivity contribution in [2.24, 2.45) is 29.6 Å². The molecule has 3 fully saturated rings. The molecule has 1 unspecified atom stereocenters. The zero-order valence-corrected chi connectivity index (χ0v) is 23.7. The Morgan fingerprint density at radius 2 is 1.95 bits per heavy atom. The summed E-state index contributed by atoms with van der Waals surface area (Å²) in [7, 11) is -4.67. The number of rotatable bonds is 5. The van der Waals surface area contributed by atoms with Crippen LogP contribution in [0.4, 0.5) is 9.18 Å². The van der Waals surface area contributed by atoms with Gasteiger partial charge in [0.05, 0.1) is 18.2 Å². The largest absolute Gasteiger partial charge is 0.462 e. The Balaban J connectivity index is 0.000000714. The van der Waals surface area contributed by atoms with Gasteiger partial charge in [0.25, 0.3) is 0 Å². The minimum absolute atomic E-state index is 0.0679. The molecule has 10 nitrogen and oxygen atoms in total. The molecule has 1 saturated heterocycles. The SMILES string of the molecule is CCOC(=O)N[C@@H]1CC[C@@H]2[C@H](C1)C[C@@H]1C(=O)O[C@@H](C)C1[C@H]2/C=C/c1ccc(-c2cccc(F)c2)cn1.O=S(=O)(O)O. The molecule has 2 saturated carbocycles. The number of halogens is 1. The van der Waals surface area contributed by atoms with Crippen LogP contribution in [-0.4, -0.2) is 53.3 Å². The average Bonchev–Trinajstić information content (AvgIpc) is 3.18. The van der Waals surface area contributed by atoms with Crippen LogP contribution >= 0.6 is 0 Å². The molecule has 5 rings (SSSR count). The summed E-state index contributed by atoms with van der Waals surface area (Å²) < 4.78 is 55.9. The Morgan fingerprint density at radius 1 is 1.20 bits per heavy atom. The lowest BCUT2D eigenvalue weighted by atomic mass is 9.57. The number of nitrogens with one attached hydrogen (secondary N) is 1. The highest BCUT2D eigenvalue weighted by molar-refractivity contribution is 7.79. The predicted octanol–water partition coefficient (Wildman–Crippen LogP) is 4.98. The number of allylic oxidation sites excluding steroid dienone is 1. The maximum Gasteiger partial charge on any atom is 0.407 e. The second-order valence-corrected chi connectivity index (χ2v) is 11.6. The summed E-state index contributed by atoms with van der Waals surface area (Å²) in [4.78, 5) is 29.2. The lowest BCUT2D eigenvalue weighted by Gasteiger charge is -2.47. The number of aromatic nitrogens is 1. The lowest BCUT2D eigenvalue weighted by molar-refractivity contribution is -0.144. The summed E-state index contributed by atoms with van der Waals surface area (Å²) in [5.41, 5.74) is 2.48. The fourth-order valence-electron chi connectivity index (χ4n) is 6.64. The van der Waals surface area contributed by atoms with Gasteiger partial charge in [-0.2, -0.15) is 8.42 Å². The molecule has 0 spiro atoms. The smallest absolute Gasteiger partial charge is 0.407 e. The number of carbonyl (C=O) groups is 2. The normalized spacial score (nSPS) is 29.0. The van der Waals surface area contributed by atoms with E-state index in [0.29, 0.717) is 18.4 Å². The van der Waals surface area contributed by atoms with Gasteiger partial charge in [0, 0.05) is 23.7 Å². The molecule has 1 aliphatic heterocycles. The topological polar surface area (TPSA) is 152 Å². The first kappa shape index (κ1) is 30.6. The third-order valence-corrected chi connectivity index (χ3v) is 8.18. The average molecular weight is 591 g/mol. The van der Waals surface area contributed by atoms with Crippen molar-refractivity contribution in [3.05, 3.63) is 60.2 Å². The summed E-state index contributed by atoms with van der Waals surface area (Å²) in [5.74, 6) is 0.629. The van der Waals surface area contributed by atoms with Crippen molar-refractivity contribution >= 4 is 28.5 Å². The van der Waals surface area contributed by atoms with Gasteiger partial charge in [0.1, 0.15) is 11.9 Å². The number of cyclic esters (lactones) is 1. The molecule has 2 aliphatic carbocycles. The van der Waals surface area contributed by atoms with Crippen LogP contribution in [0.2, 0.25) is 0 Å². The van der Waals surface area contributed by atoms with Gasteiger partial charge < -0.3 is 14.8 Å². The fraction of sp³-hybridized carbons (Fsp3) is 0.483. The number of pyridine rings is 1. The molecule has 41 heavy (non-hydrogen) atoms. The van der Waals surface area contributed by atoms with E-state index in [1.54, 1.807) is 19.2 Å². The van der Waals surface area contributed by atoms with Gasteiger partial charge in [0.2, 0.25) is 0 Å². The molecule has 0 radical (unpaired) electrons. The van der Waals surface area contributed by atoms with E-state index in [1.165, 1.54) is 12.1 Å². The number of ether oxygens (including phenoxy) is 2. The van der Waals surface area contributed by atoms with Crippen molar-refractivity contribution in [3.8, 4) is 11.1 Å². The fourth-order valence-corrected chi connectivity index (χ4v) is 6.64.